The fourth-order valence-corrected chi connectivity index (χ4v) is 0.969. The molecule has 0 aromatic carbocycles. The van der Waals surface area contributed by atoms with E-state index in [1.54, 1.807) is 0 Å². The van der Waals surface area contributed by atoms with Crippen molar-refractivity contribution in [3.8, 4) is 12.3 Å². The second kappa shape index (κ2) is 3.63. The number of hydrogen-bond donors (Lipinski definition) is 1. The molecule has 0 amide bonds. The van der Waals surface area contributed by atoms with Crippen molar-refractivity contribution >= 4 is 0 Å². The molecule has 1 aliphatic rings. The number of hydrogen-bond acceptors (Lipinski definition) is 1. The Morgan fingerprint density at radius 3 is 2.90 bits per heavy atom. The summed E-state index contributed by atoms with van der Waals surface area (Å²) < 4.78 is 0. The van der Waals surface area contributed by atoms with Gasteiger partial charge in [-0.1, -0.05) is 18.8 Å². The van der Waals surface area contributed by atoms with E-state index in [1.807, 2.05) is 6.92 Å². The SMILES string of the molecule is C#CC(C)NCCC1CC1. The molecule has 1 unspecified atom stereocenters. The van der Waals surface area contributed by atoms with Gasteiger partial charge in [0.2, 0.25) is 0 Å². The Balaban J connectivity index is 1.89. The molecule has 0 spiro atoms. The fourth-order valence-electron chi connectivity index (χ4n) is 0.969. The highest BCUT2D eigenvalue weighted by Crippen LogP contribution is 2.31. The molecule has 0 radical (unpaired) electrons. The van der Waals surface area contributed by atoms with Gasteiger partial charge in [-0.15, -0.1) is 6.42 Å². The molecule has 0 heterocycles. The monoisotopic (exact) mass is 137 g/mol. The van der Waals surface area contributed by atoms with Gasteiger partial charge in [0.25, 0.3) is 0 Å². The first kappa shape index (κ1) is 7.63. The van der Waals surface area contributed by atoms with Crippen LogP contribution in [0.25, 0.3) is 0 Å². The fraction of sp³-hybridized carbons (Fsp3) is 0.778. The molecule has 1 fully saturated rings. The lowest BCUT2D eigenvalue weighted by molar-refractivity contribution is 0.588. The first-order chi connectivity index (χ1) is 4.83. The van der Waals surface area contributed by atoms with Gasteiger partial charge in [-0.25, -0.2) is 0 Å². The molecule has 0 bridgehead atoms. The molecule has 1 N–H and O–H groups in total. The van der Waals surface area contributed by atoms with E-state index in [4.69, 9.17) is 6.42 Å². The third kappa shape index (κ3) is 2.89. The highest BCUT2D eigenvalue weighted by Gasteiger charge is 2.20. The maximum absolute atomic E-state index is 5.19. The lowest BCUT2D eigenvalue weighted by Crippen LogP contribution is -2.25. The number of terminal acetylenes is 1. The summed E-state index contributed by atoms with van der Waals surface area (Å²) in [5.74, 6) is 3.66. The molecular weight excluding hydrogens is 122 g/mol. The van der Waals surface area contributed by atoms with Gasteiger partial charge in [-0.2, -0.15) is 0 Å². The van der Waals surface area contributed by atoms with Crippen LogP contribution in [0.15, 0.2) is 0 Å². The Morgan fingerprint density at radius 1 is 1.70 bits per heavy atom. The van der Waals surface area contributed by atoms with Crippen LogP contribution in [0.2, 0.25) is 0 Å². The highest BCUT2D eigenvalue weighted by atomic mass is 14.9. The van der Waals surface area contributed by atoms with E-state index in [-0.39, 0.29) is 6.04 Å². The average molecular weight is 137 g/mol. The van der Waals surface area contributed by atoms with Crippen molar-refractivity contribution in [1.29, 1.82) is 0 Å². The molecule has 1 nitrogen and oxygen atoms in total. The molecule has 0 saturated heterocycles. The minimum atomic E-state index is 0.249. The summed E-state index contributed by atoms with van der Waals surface area (Å²) in [5, 5.41) is 3.27. The van der Waals surface area contributed by atoms with E-state index in [0.29, 0.717) is 0 Å². The summed E-state index contributed by atoms with van der Waals surface area (Å²) in [7, 11) is 0. The van der Waals surface area contributed by atoms with Crippen LogP contribution in [0, 0.1) is 18.3 Å². The van der Waals surface area contributed by atoms with Crippen LogP contribution in [-0.4, -0.2) is 12.6 Å². The number of rotatable bonds is 4. The number of nitrogens with one attached hydrogen (secondary N) is 1. The van der Waals surface area contributed by atoms with Crippen LogP contribution in [0.5, 0.6) is 0 Å². The summed E-state index contributed by atoms with van der Waals surface area (Å²) >= 11 is 0. The smallest absolute Gasteiger partial charge is 0.0658 e. The Morgan fingerprint density at radius 2 is 2.40 bits per heavy atom. The average Bonchev–Trinajstić information content (AvgIpc) is 2.71. The molecule has 0 aliphatic heterocycles. The molecule has 10 heavy (non-hydrogen) atoms. The standard InChI is InChI=1S/C9H15N/c1-3-8(2)10-7-6-9-4-5-9/h1,8-10H,4-7H2,2H3. The Kier molecular flexibility index (Phi) is 2.77. The van der Waals surface area contributed by atoms with Gasteiger partial charge >= 0.3 is 0 Å². The van der Waals surface area contributed by atoms with Crippen molar-refractivity contribution in [2.45, 2.75) is 32.2 Å². The topological polar surface area (TPSA) is 12.0 Å². The van der Waals surface area contributed by atoms with Crippen LogP contribution < -0.4 is 5.32 Å². The van der Waals surface area contributed by atoms with E-state index < -0.39 is 0 Å². The lowest BCUT2D eigenvalue weighted by Gasteiger charge is -2.05. The Bertz CT molecular complexity index is 130. The largest absolute Gasteiger partial charge is 0.304 e. The molecule has 1 saturated carbocycles. The third-order valence-corrected chi connectivity index (χ3v) is 1.95. The summed E-state index contributed by atoms with van der Waals surface area (Å²) in [6.45, 7) is 3.11. The lowest BCUT2D eigenvalue weighted by atomic mass is 10.3. The van der Waals surface area contributed by atoms with Gasteiger partial charge in [0.1, 0.15) is 0 Å². The Hall–Kier alpha value is -0.480. The maximum atomic E-state index is 5.19. The molecule has 0 aromatic rings. The summed E-state index contributed by atoms with van der Waals surface area (Å²) in [6, 6.07) is 0.249. The summed E-state index contributed by atoms with van der Waals surface area (Å²) in [6.07, 6.45) is 9.38. The highest BCUT2D eigenvalue weighted by molar-refractivity contribution is 4.95. The second-order valence-electron chi connectivity index (χ2n) is 3.07. The maximum Gasteiger partial charge on any atom is 0.0658 e. The van der Waals surface area contributed by atoms with E-state index in [2.05, 4.69) is 11.2 Å². The minimum absolute atomic E-state index is 0.249. The molecule has 0 aromatic heterocycles. The van der Waals surface area contributed by atoms with E-state index in [1.165, 1.54) is 19.3 Å². The van der Waals surface area contributed by atoms with Gasteiger partial charge in [0.05, 0.1) is 6.04 Å². The molecular formula is C9H15N. The Labute approximate surface area is 63.2 Å². The zero-order chi connectivity index (χ0) is 7.40. The van der Waals surface area contributed by atoms with Crippen LogP contribution in [0.3, 0.4) is 0 Å². The van der Waals surface area contributed by atoms with Crippen LogP contribution in [-0.2, 0) is 0 Å². The first-order valence-electron chi connectivity index (χ1n) is 4.02. The van der Waals surface area contributed by atoms with Crippen molar-refractivity contribution in [2.75, 3.05) is 6.54 Å². The predicted molar refractivity (Wildman–Crippen MR) is 43.6 cm³/mol. The van der Waals surface area contributed by atoms with Crippen molar-refractivity contribution in [3.63, 3.8) is 0 Å². The predicted octanol–water partition coefficient (Wildman–Crippen LogP) is 1.40. The van der Waals surface area contributed by atoms with Gasteiger partial charge < -0.3 is 5.32 Å². The molecule has 1 heteroatoms. The molecule has 56 valence electrons. The third-order valence-electron chi connectivity index (χ3n) is 1.95. The minimum Gasteiger partial charge on any atom is -0.304 e. The van der Waals surface area contributed by atoms with Crippen molar-refractivity contribution < 1.29 is 0 Å². The van der Waals surface area contributed by atoms with Gasteiger partial charge in [-0.05, 0) is 25.8 Å². The second-order valence-corrected chi connectivity index (χ2v) is 3.07. The van der Waals surface area contributed by atoms with Crippen LogP contribution >= 0.6 is 0 Å². The molecule has 1 atom stereocenters. The normalized spacial score (nSPS) is 20.0. The van der Waals surface area contributed by atoms with Crippen molar-refractivity contribution in [2.24, 2.45) is 5.92 Å². The zero-order valence-corrected chi connectivity index (χ0v) is 6.56. The first-order valence-corrected chi connectivity index (χ1v) is 4.02. The van der Waals surface area contributed by atoms with Gasteiger partial charge in [-0.3, -0.25) is 0 Å². The van der Waals surface area contributed by atoms with Crippen molar-refractivity contribution in [1.82, 2.24) is 5.32 Å². The quantitative estimate of drug-likeness (QED) is 0.577. The van der Waals surface area contributed by atoms with E-state index in [9.17, 15) is 0 Å². The summed E-state index contributed by atoms with van der Waals surface area (Å²) in [4.78, 5) is 0. The van der Waals surface area contributed by atoms with Crippen LogP contribution in [0.4, 0.5) is 0 Å². The van der Waals surface area contributed by atoms with Gasteiger partial charge in [0, 0.05) is 0 Å². The molecule has 1 rings (SSSR count). The van der Waals surface area contributed by atoms with Crippen molar-refractivity contribution in [3.05, 3.63) is 0 Å². The van der Waals surface area contributed by atoms with Crippen LogP contribution in [0.1, 0.15) is 26.2 Å². The van der Waals surface area contributed by atoms with E-state index in [0.717, 1.165) is 12.5 Å². The zero-order valence-electron chi connectivity index (χ0n) is 6.56. The van der Waals surface area contributed by atoms with E-state index >= 15 is 0 Å². The molecule has 1 aliphatic carbocycles. The van der Waals surface area contributed by atoms with Gasteiger partial charge in [0.15, 0.2) is 0 Å². The summed E-state index contributed by atoms with van der Waals surface area (Å²) in [5.41, 5.74) is 0.